The molecule has 0 fully saturated rings. The molecule has 20 heavy (non-hydrogen) atoms. The van der Waals surface area contributed by atoms with Crippen LogP contribution in [0.25, 0.3) is 0 Å². The van der Waals surface area contributed by atoms with Gasteiger partial charge in [0, 0.05) is 0 Å². The summed E-state index contributed by atoms with van der Waals surface area (Å²) in [4.78, 5) is 0. The van der Waals surface area contributed by atoms with E-state index in [1.54, 1.807) is 0 Å². The predicted molar refractivity (Wildman–Crippen MR) is 82.8 cm³/mol. The molecule has 1 aliphatic rings. The number of fused-ring (bicyclic) bond motifs is 1. The molecular weight excluding hydrogens is 244 g/mol. The first-order chi connectivity index (χ1) is 9.65. The second-order valence-corrected chi connectivity index (χ2v) is 6.08. The fraction of sp³-hybridized carbons (Fsp3) is 0.368. The third-order valence-electron chi connectivity index (χ3n) is 4.52. The lowest BCUT2D eigenvalue weighted by Gasteiger charge is -2.31. The Bertz CT molecular complexity index is 601. The average Bonchev–Trinajstić information content (AvgIpc) is 2.43. The molecule has 2 aromatic rings. The second-order valence-electron chi connectivity index (χ2n) is 6.08. The summed E-state index contributed by atoms with van der Waals surface area (Å²) in [7, 11) is 0. The number of benzene rings is 2. The highest BCUT2D eigenvalue weighted by Crippen LogP contribution is 2.38. The molecule has 2 aromatic carbocycles. The van der Waals surface area contributed by atoms with E-state index < -0.39 is 0 Å². The van der Waals surface area contributed by atoms with Gasteiger partial charge in [-0.05, 0) is 61.3 Å². The summed E-state index contributed by atoms with van der Waals surface area (Å²) < 4.78 is 0. The fourth-order valence-electron chi connectivity index (χ4n) is 3.51. The van der Waals surface area contributed by atoms with Gasteiger partial charge in [-0.1, -0.05) is 48.0 Å². The minimum Gasteiger partial charge on any atom is -0.388 e. The van der Waals surface area contributed by atoms with Gasteiger partial charge in [0.1, 0.15) is 0 Å². The summed E-state index contributed by atoms with van der Waals surface area (Å²) in [5.41, 5.74) is 6.43. The molecule has 3 rings (SSSR count). The second kappa shape index (κ2) is 5.41. The molecule has 0 amide bonds. The zero-order valence-electron chi connectivity index (χ0n) is 12.3. The van der Waals surface area contributed by atoms with Gasteiger partial charge in [-0.25, -0.2) is 0 Å². The van der Waals surface area contributed by atoms with Gasteiger partial charge in [0.2, 0.25) is 0 Å². The first kappa shape index (κ1) is 13.4. The van der Waals surface area contributed by atoms with E-state index in [2.05, 4.69) is 50.2 Å². The highest BCUT2D eigenvalue weighted by molar-refractivity contribution is 5.41. The molecule has 2 unspecified atom stereocenters. The van der Waals surface area contributed by atoms with E-state index in [1.165, 1.54) is 22.3 Å². The van der Waals surface area contributed by atoms with Crippen molar-refractivity contribution in [2.75, 3.05) is 0 Å². The lowest BCUT2D eigenvalue weighted by atomic mass is 9.77. The first-order valence-corrected chi connectivity index (χ1v) is 7.47. The number of rotatable bonds is 2. The van der Waals surface area contributed by atoms with Crippen molar-refractivity contribution in [1.29, 1.82) is 0 Å². The quantitative estimate of drug-likeness (QED) is 0.866. The number of hydrogen-bond acceptors (Lipinski definition) is 1. The molecule has 104 valence electrons. The van der Waals surface area contributed by atoms with Crippen LogP contribution in [0.3, 0.4) is 0 Å². The maximum absolute atomic E-state index is 10.7. The van der Waals surface area contributed by atoms with Crippen LogP contribution in [0.2, 0.25) is 0 Å². The summed E-state index contributed by atoms with van der Waals surface area (Å²) in [5, 5.41) is 10.7. The van der Waals surface area contributed by atoms with Gasteiger partial charge in [0.15, 0.2) is 0 Å². The predicted octanol–water partition coefficient (Wildman–Crippen LogP) is 4.14. The van der Waals surface area contributed by atoms with E-state index in [-0.39, 0.29) is 6.10 Å². The molecule has 0 heterocycles. The van der Waals surface area contributed by atoms with E-state index in [1.807, 2.05) is 6.07 Å². The molecular formula is C19H22O. The Kier molecular flexibility index (Phi) is 3.62. The van der Waals surface area contributed by atoms with Crippen LogP contribution in [0.1, 0.15) is 40.3 Å². The maximum Gasteiger partial charge on any atom is 0.0824 e. The Morgan fingerprint density at radius 2 is 1.85 bits per heavy atom. The summed E-state index contributed by atoms with van der Waals surface area (Å²) in [5.74, 6) is 0.339. The lowest BCUT2D eigenvalue weighted by Crippen LogP contribution is -2.23. The van der Waals surface area contributed by atoms with Crippen molar-refractivity contribution >= 4 is 0 Å². The maximum atomic E-state index is 10.7. The van der Waals surface area contributed by atoms with Crippen LogP contribution in [0.4, 0.5) is 0 Å². The van der Waals surface area contributed by atoms with Gasteiger partial charge in [-0.15, -0.1) is 0 Å². The Morgan fingerprint density at radius 3 is 2.60 bits per heavy atom. The summed E-state index contributed by atoms with van der Waals surface area (Å²) >= 11 is 0. The van der Waals surface area contributed by atoms with Crippen LogP contribution in [0.5, 0.6) is 0 Å². The number of aliphatic hydroxyl groups excluding tert-OH is 1. The lowest BCUT2D eigenvalue weighted by molar-refractivity contribution is 0.0934. The topological polar surface area (TPSA) is 20.2 Å². The number of aryl methyl sites for hydroxylation is 2. The third kappa shape index (κ3) is 2.51. The summed E-state index contributed by atoms with van der Waals surface area (Å²) in [6.07, 6.45) is 2.81. The molecule has 0 spiro atoms. The van der Waals surface area contributed by atoms with Crippen LogP contribution in [-0.2, 0) is 12.8 Å². The molecule has 1 heteroatoms. The van der Waals surface area contributed by atoms with Crippen molar-refractivity contribution in [2.45, 2.75) is 39.2 Å². The summed E-state index contributed by atoms with van der Waals surface area (Å²) in [6, 6.07) is 14.9. The minimum atomic E-state index is -0.322. The molecule has 0 aromatic heterocycles. The SMILES string of the molecule is Cc1cc(C)c2c(c1)C(O)C(Cc1ccccc1)CC2. The Hall–Kier alpha value is -1.60. The highest BCUT2D eigenvalue weighted by Gasteiger charge is 2.28. The van der Waals surface area contributed by atoms with Crippen LogP contribution in [-0.4, -0.2) is 5.11 Å². The van der Waals surface area contributed by atoms with E-state index >= 15 is 0 Å². The van der Waals surface area contributed by atoms with Gasteiger partial charge in [-0.2, -0.15) is 0 Å². The average molecular weight is 266 g/mol. The van der Waals surface area contributed by atoms with Crippen molar-refractivity contribution in [3.8, 4) is 0 Å². The molecule has 1 N–H and O–H groups in total. The molecule has 2 atom stereocenters. The normalized spacial score (nSPS) is 21.6. The number of hydrogen-bond donors (Lipinski definition) is 1. The molecule has 0 radical (unpaired) electrons. The largest absolute Gasteiger partial charge is 0.388 e. The van der Waals surface area contributed by atoms with Gasteiger partial charge in [0.25, 0.3) is 0 Å². The smallest absolute Gasteiger partial charge is 0.0824 e. The Balaban J connectivity index is 1.87. The van der Waals surface area contributed by atoms with Crippen LogP contribution in [0.15, 0.2) is 42.5 Å². The molecule has 1 aliphatic carbocycles. The molecule has 0 aliphatic heterocycles. The standard InChI is InChI=1S/C19H22O/c1-13-10-14(2)17-9-8-16(19(20)18(17)11-13)12-15-6-4-3-5-7-15/h3-7,10-11,16,19-20H,8-9,12H2,1-2H3. The summed E-state index contributed by atoms with van der Waals surface area (Å²) in [6.45, 7) is 4.27. The fourth-order valence-corrected chi connectivity index (χ4v) is 3.51. The first-order valence-electron chi connectivity index (χ1n) is 7.47. The van der Waals surface area contributed by atoms with Gasteiger partial charge >= 0.3 is 0 Å². The van der Waals surface area contributed by atoms with Crippen LogP contribution < -0.4 is 0 Å². The van der Waals surface area contributed by atoms with Crippen molar-refractivity contribution in [2.24, 2.45) is 5.92 Å². The Morgan fingerprint density at radius 1 is 1.10 bits per heavy atom. The minimum absolute atomic E-state index is 0.322. The van der Waals surface area contributed by atoms with Gasteiger partial charge < -0.3 is 5.11 Å². The van der Waals surface area contributed by atoms with Crippen molar-refractivity contribution in [3.63, 3.8) is 0 Å². The molecule has 0 saturated carbocycles. The highest BCUT2D eigenvalue weighted by atomic mass is 16.3. The third-order valence-corrected chi connectivity index (χ3v) is 4.52. The van der Waals surface area contributed by atoms with Gasteiger partial charge in [0.05, 0.1) is 6.10 Å². The molecule has 0 bridgehead atoms. The van der Waals surface area contributed by atoms with Crippen molar-refractivity contribution in [3.05, 3.63) is 70.3 Å². The molecule has 1 nitrogen and oxygen atoms in total. The van der Waals surface area contributed by atoms with E-state index in [4.69, 9.17) is 0 Å². The monoisotopic (exact) mass is 266 g/mol. The zero-order chi connectivity index (χ0) is 14.1. The number of aliphatic hydroxyl groups is 1. The van der Waals surface area contributed by atoms with Gasteiger partial charge in [-0.3, -0.25) is 0 Å². The van der Waals surface area contributed by atoms with E-state index in [0.29, 0.717) is 5.92 Å². The zero-order valence-corrected chi connectivity index (χ0v) is 12.3. The van der Waals surface area contributed by atoms with Crippen LogP contribution >= 0.6 is 0 Å². The van der Waals surface area contributed by atoms with Crippen molar-refractivity contribution in [1.82, 2.24) is 0 Å². The molecule has 0 saturated heterocycles. The van der Waals surface area contributed by atoms with E-state index in [0.717, 1.165) is 24.8 Å². The van der Waals surface area contributed by atoms with Crippen LogP contribution in [0, 0.1) is 19.8 Å². The van der Waals surface area contributed by atoms with Crippen molar-refractivity contribution < 1.29 is 5.11 Å². The van der Waals surface area contributed by atoms with E-state index in [9.17, 15) is 5.11 Å². The Labute approximate surface area is 121 Å².